The molecule has 5 nitrogen and oxygen atoms in total. The topological polar surface area (TPSA) is 61.8 Å². The van der Waals surface area contributed by atoms with E-state index >= 15 is 0 Å². The summed E-state index contributed by atoms with van der Waals surface area (Å²) >= 11 is 0. The number of aromatic nitrogens is 2. The quantitative estimate of drug-likeness (QED) is 0.181. The van der Waals surface area contributed by atoms with Gasteiger partial charge in [-0.3, -0.25) is 0 Å². The van der Waals surface area contributed by atoms with Gasteiger partial charge in [-0.15, -0.1) is 0 Å². The molecule has 2 heterocycles. The van der Waals surface area contributed by atoms with Crippen LogP contribution in [0.25, 0.3) is 82.1 Å². The van der Waals surface area contributed by atoms with Gasteiger partial charge >= 0.3 is 0 Å². The molecule has 0 aliphatic carbocycles. The van der Waals surface area contributed by atoms with Gasteiger partial charge in [0.25, 0.3) is 0 Å². The zero-order valence-corrected chi connectivity index (χ0v) is 26.7. The van der Waals surface area contributed by atoms with Crippen molar-refractivity contribution in [1.29, 1.82) is 10.5 Å². The van der Waals surface area contributed by atoms with Gasteiger partial charge in [0.15, 0.2) is 5.69 Å². The summed E-state index contributed by atoms with van der Waals surface area (Å²) in [4.78, 5) is 3.69. The number of para-hydroxylation sites is 2. The number of benzene rings is 7. The van der Waals surface area contributed by atoms with Crippen molar-refractivity contribution < 1.29 is 0 Å². The van der Waals surface area contributed by atoms with Gasteiger partial charge < -0.3 is 9.13 Å². The molecule has 0 aliphatic rings. The van der Waals surface area contributed by atoms with Crippen LogP contribution >= 0.6 is 0 Å². The van der Waals surface area contributed by atoms with Crippen molar-refractivity contribution in [1.82, 2.24) is 9.13 Å². The van der Waals surface area contributed by atoms with Crippen LogP contribution in [0.4, 0.5) is 5.69 Å². The standard InChI is InChI=1S/C45H25N5/c1-48-32-18-21-38-40-25-30(28-47)14-22-43(40)49(45(38)26-32)33-19-16-31(17-20-33)34-8-2-3-9-35(34)39-24-29(27-46)15-23-44(39)50-41-12-6-4-10-36(41)37-11-5-7-13-42(37)50/h2-26H. The third-order valence-electron chi connectivity index (χ3n) is 9.61. The lowest BCUT2D eigenvalue weighted by molar-refractivity contribution is 1.18. The second-order valence-electron chi connectivity index (χ2n) is 12.3. The van der Waals surface area contributed by atoms with E-state index in [1.165, 1.54) is 10.8 Å². The highest BCUT2D eigenvalue weighted by molar-refractivity contribution is 6.11. The van der Waals surface area contributed by atoms with Crippen LogP contribution in [0.15, 0.2) is 152 Å². The molecular weight excluding hydrogens is 611 g/mol. The Hall–Kier alpha value is -7.39. The summed E-state index contributed by atoms with van der Waals surface area (Å²) < 4.78 is 4.46. The largest absolute Gasteiger partial charge is 0.311 e. The number of hydrogen-bond acceptors (Lipinski definition) is 2. The van der Waals surface area contributed by atoms with Crippen molar-refractivity contribution in [2.24, 2.45) is 0 Å². The Morgan fingerprint density at radius 1 is 0.460 bits per heavy atom. The van der Waals surface area contributed by atoms with Gasteiger partial charge in [-0.05, 0) is 83.4 Å². The molecule has 9 aromatic rings. The molecule has 0 saturated heterocycles. The van der Waals surface area contributed by atoms with Gasteiger partial charge in [-0.1, -0.05) is 84.9 Å². The molecule has 7 aromatic carbocycles. The summed E-state index contributed by atoms with van der Waals surface area (Å²) in [6.07, 6.45) is 0. The predicted molar refractivity (Wildman–Crippen MR) is 202 cm³/mol. The minimum atomic E-state index is 0.561. The highest BCUT2D eigenvalue weighted by Gasteiger charge is 2.19. The van der Waals surface area contributed by atoms with Gasteiger partial charge in [0, 0.05) is 38.3 Å². The van der Waals surface area contributed by atoms with Crippen LogP contribution in [0.2, 0.25) is 0 Å². The van der Waals surface area contributed by atoms with Crippen LogP contribution in [0.3, 0.4) is 0 Å². The first-order chi connectivity index (χ1) is 24.7. The van der Waals surface area contributed by atoms with Crippen molar-refractivity contribution in [3.8, 4) is 45.8 Å². The molecule has 0 N–H and O–H groups in total. The first-order valence-electron chi connectivity index (χ1n) is 16.3. The van der Waals surface area contributed by atoms with Crippen molar-refractivity contribution in [2.75, 3.05) is 0 Å². The van der Waals surface area contributed by atoms with E-state index in [9.17, 15) is 10.5 Å². The molecule has 0 atom stereocenters. The second-order valence-corrected chi connectivity index (χ2v) is 12.3. The Morgan fingerprint density at radius 3 is 1.76 bits per heavy atom. The second kappa shape index (κ2) is 11.4. The monoisotopic (exact) mass is 635 g/mol. The molecule has 0 spiro atoms. The van der Waals surface area contributed by atoms with Crippen molar-refractivity contribution >= 4 is 49.3 Å². The van der Waals surface area contributed by atoms with E-state index in [-0.39, 0.29) is 0 Å². The Morgan fingerprint density at radius 2 is 1.06 bits per heavy atom. The molecule has 2 aromatic heterocycles. The third-order valence-corrected chi connectivity index (χ3v) is 9.61. The van der Waals surface area contributed by atoms with Crippen LogP contribution in [-0.4, -0.2) is 9.13 Å². The fourth-order valence-corrected chi connectivity index (χ4v) is 7.38. The van der Waals surface area contributed by atoms with Crippen molar-refractivity contribution in [2.45, 2.75) is 0 Å². The molecule has 5 heteroatoms. The lowest BCUT2D eigenvalue weighted by Gasteiger charge is -2.18. The average molecular weight is 636 g/mol. The molecule has 0 unspecified atom stereocenters. The normalized spacial score (nSPS) is 11.1. The maximum atomic E-state index is 10.0. The summed E-state index contributed by atoms with van der Waals surface area (Å²) in [5, 5.41) is 23.9. The maximum Gasteiger partial charge on any atom is 0.189 e. The van der Waals surface area contributed by atoms with Gasteiger partial charge in [-0.2, -0.15) is 10.5 Å². The van der Waals surface area contributed by atoms with E-state index in [4.69, 9.17) is 6.57 Å². The highest BCUT2D eigenvalue weighted by atomic mass is 15.0. The first kappa shape index (κ1) is 28.8. The molecule has 0 amide bonds. The molecule has 9 rings (SSSR count). The summed E-state index contributed by atoms with van der Waals surface area (Å²) in [5.41, 5.74) is 11.9. The third kappa shape index (κ3) is 4.38. The Kier molecular flexibility index (Phi) is 6.56. The predicted octanol–water partition coefficient (Wildman–Crippen LogP) is 11.5. The zero-order valence-electron chi connectivity index (χ0n) is 26.7. The van der Waals surface area contributed by atoms with E-state index in [0.29, 0.717) is 16.8 Å². The Balaban J connectivity index is 1.23. The van der Waals surface area contributed by atoms with Crippen molar-refractivity contribution in [3.63, 3.8) is 0 Å². The van der Waals surface area contributed by atoms with E-state index in [2.05, 4.69) is 117 Å². The van der Waals surface area contributed by atoms with E-state index < -0.39 is 0 Å². The van der Waals surface area contributed by atoms with Crippen LogP contribution < -0.4 is 0 Å². The summed E-state index contributed by atoms with van der Waals surface area (Å²) in [6, 6.07) is 55.7. The smallest absolute Gasteiger partial charge is 0.189 e. The summed E-state index contributed by atoms with van der Waals surface area (Å²) in [7, 11) is 0. The van der Waals surface area contributed by atoms with E-state index in [0.717, 1.165) is 66.5 Å². The fraction of sp³-hybridized carbons (Fsp3) is 0. The van der Waals surface area contributed by atoms with Crippen LogP contribution in [0.1, 0.15) is 11.1 Å². The number of fused-ring (bicyclic) bond motifs is 6. The molecule has 0 bridgehead atoms. The lowest BCUT2D eigenvalue weighted by Crippen LogP contribution is -1.99. The first-order valence-corrected chi connectivity index (χ1v) is 16.3. The van der Waals surface area contributed by atoms with Gasteiger partial charge in [0.2, 0.25) is 0 Å². The lowest BCUT2D eigenvalue weighted by atomic mass is 9.92. The number of nitrogens with zero attached hydrogens (tertiary/aromatic N) is 5. The van der Waals surface area contributed by atoms with E-state index in [1.807, 2.05) is 60.7 Å². The van der Waals surface area contributed by atoms with Gasteiger partial charge in [0.1, 0.15) is 0 Å². The molecular formula is C45H25N5. The van der Waals surface area contributed by atoms with E-state index in [1.54, 1.807) is 0 Å². The zero-order chi connectivity index (χ0) is 33.8. The van der Waals surface area contributed by atoms with Crippen molar-refractivity contribution in [3.05, 3.63) is 174 Å². The number of nitriles is 2. The SMILES string of the molecule is [C-]#[N+]c1ccc2c3cc(C#N)ccc3n(-c3ccc(-c4ccccc4-c4cc(C#N)ccc4-n4c5ccccc5c5ccccc54)cc3)c2c1. The Labute approximate surface area is 288 Å². The minimum Gasteiger partial charge on any atom is -0.311 e. The van der Waals surface area contributed by atoms with Gasteiger partial charge in [-0.25, -0.2) is 4.85 Å². The summed E-state index contributed by atoms with van der Waals surface area (Å²) in [5.74, 6) is 0. The molecule has 0 aliphatic heterocycles. The minimum absolute atomic E-state index is 0.561. The van der Waals surface area contributed by atoms with Crippen LogP contribution in [0, 0.1) is 29.2 Å². The van der Waals surface area contributed by atoms with Crippen LogP contribution in [0.5, 0.6) is 0 Å². The molecule has 230 valence electrons. The molecule has 50 heavy (non-hydrogen) atoms. The number of rotatable bonds is 4. The number of hydrogen-bond donors (Lipinski definition) is 0. The molecule has 0 radical (unpaired) electrons. The highest BCUT2D eigenvalue weighted by Crippen LogP contribution is 2.41. The fourth-order valence-electron chi connectivity index (χ4n) is 7.38. The maximum absolute atomic E-state index is 10.0. The van der Waals surface area contributed by atoms with Gasteiger partial charge in [0.05, 0.1) is 52.1 Å². The average Bonchev–Trinajstić information content (AvgIpc) is 3.69. The summed E-state index contributed by atoms with van der Waals surface area (Å²) in [6.45, 7) is 7.63. The van der Waals surface area contributed by atoms with Crippen LogP contribution in [-0.2, 0) is 0 Å². The Bertz CT molecular complexity index is 2900. The molecule has 0 saturated carbocycles. The molecule has 0 fully saturated rings.